The van der Waals surface area contributed by atoms with Gasteiger partial charge in [0.1, 0.15) is 0 Å². The topological polar surface area (TPSA) is 34.1 Å². The van der Waals surface area contributed by atoms with E-state index in [1.165, 1.54) is 0 Å². The molecule has 0 radical (unpaired) electrons. The standard InChI is InChI=1S/C6H12O2S.C2H6/c1-6(2)4-3-5-9(6,7)8;1-2/h3-5H2,1-2H3;1-2H3. The van der Waals surface area contributed by atoms with Crippen molar-refractivity contribution in [2.45, 2.75) is 45.3 Å². The van der Waals surface area contributed by atoms with E-state index in [9.17, 15) is 8.42 Å². The Labute approximate surface area is 69.9 Å². The van der Waals surface area contributed by atoms with Crippen LogP contribution in [-0.2, 0) is 9.84 Å². The second-order valence-corrected chi connectivity index (χ2v) is 5.93. The Hall–Kier alpha value is -0.0500. The van der Waals surface area contributed by atoms with Gasteiger partial charge in [0.05, 0.1) is 10.5 Å². The van der Waals surface area contributed by atoms with Gasteiger partial charge in [-0.05, 0) is 26.7 Å². The van der Waals surface area contributed by atoms with Crippen LogP contribution in [0.4, 0.5) is 0 Å². The molecular weight excluding hydrogens is 160 g/mol. The van der Waals surface area contributed by atoms with E-state index in [0.29, 0.717) is 5.75 Å². The minimum Gasteiger partial charge on any atom is -0.228 e. The molecule has 1 saturated heterocycles. The monoisotopic (exact) mass is 178 g/mol. The van der Waals surface area contributed by atoms with Crippen LogP contribution in [-0.4, -0.2) is 18.9 Å². The quantitative estimate of drug-likeness (QED) is 0.568. The third kappa shape index (κ3) is 2.19. The highest BCUT2D eigenvalue weighted by Crippen LogP contribution is 2.30. The van der Waals surface area contributed by atoms with Gasteiger partial charge in [-0.3, -0.25) is 0 Å². The van der Waals surface area contributed by atoms with Crippen molar-refractivity contribution in [3.63, 3.8) is 0 Å². The van der Waals surface area contributed by atoms with Crippen molar-refractivity contribution in [2.75, 3.05) is 5.75 Å². The van der Waals surface area contributed by atoms with E-state index < -0.39 is 14.6 Å². The Bertz CT molecular complexity index is 202. The summed E-state index contributed by atoms with van der Waals surface area (Å²) in [6.45, 7) is 7.60. The van der Waals surface area contributed by atoms with Crippen molar-refractivity contribution in [3.8, 4) is 0 Å². The molecule has 1 aliphatic heterocycles. The zero-order valence-corrected chi connectivity index (χ0v) is 8.66. The molecule has 0 amide bonds. The highest BCUT2D eigenvalue weighted by atomic mass is 32.2. The predicted molar refractivity (Wildman–Crippen MR) is 48.4 cm³/mol. The lowest BCUT2D eigenvalue weighted by Crippen LogP contribution is -2.26. The molecule has 0 saturated carbocycles. The van der Waals surface area contributed by atoms with Crippen molar-refractivity contribution in [3.05, 3.63) is 0 Å². The van der Waals surface area contributed by atoms with Gasteiger partial charge < -0.3 is 0 Å². The summed E-state index contributed by atoms with van der Waals surface area (Å²) in [5.41, 5.74) is 0. The Morgan fingerprint density at radius 3 is 1.73 bits per heavy atom. The molecule has 0 aromatic rings. The summed E-state index contributed by atoms with van der Waals surface area (Å²) < 4.78 is 21.7. The van der Waals surface area contributed by atoms with Crippen LogP contribution in [0.3, 0.4) is 0 Å². The maximum Gasteiger partial charge on any atom is 0.155 e. The lowest BCUT2D eigenvalue weighted by Gasteiger charge is -2.14. The van der Waals surface area contributed by atoms with Crippen molar-refractivity contribution in [1.82, 2.24) is 0 Å². The van der Waals surface area contributed by atoms with Gasteiger partial charge in [0.15, 0.2) is 9.84 Å². The van der Waals surface area contributed by atoms with Gasteiger partial charge >= 0.3 is 0 Å². The number of hydrogen-bond donors (Lipinski definition) is 0. The molecule has 1 aliphatic rings. The van der Waals surface area contributed by atoms with Gasteiger partial charge in [0.25, 0.3) is 0 Å². The summed E-state index contributed by atoms with van der Waals surface area (Å²) in [5.74, 6) is 0.389. The van der Waals surface area contributed by atoms with E-state index >= 15 is 0 Å². The Morgan fingerprint density at radius 2 is 1.64 bits per heavy atom. The van der Waals surface area contributed by atoms with Gasteiger partial charge in [0, 0.05) is 0 Å². The molecule has 0 spiro atoms. The van der Waals surface area contributed by atoms with Crippen LogP contribution >= 0.6 is 0 Å². The first-order valence-corrected chi connectivity index (χ1v) is 5.83. The molecule has 0 aromatic carbocycles. The molecule has 1 heterocycles. The van der Waals surface area contributed by atoms with Crippen LogP contribution in [0.25, 0.3) is 0 Å². The van der Waals surface area contributed by atoms with Crippen LogP contribution in [0.5, 0.6) is 0 Å². The molecule has 0 atom stereocenters. The smallest absolute Gasteiger partial charge is 0.155 e. The van der Waals surface area contributed by atoms with Gasteiger partial charge in [-0.1, -0.05) is 13.8 Å². The summed E-state index contributed by atoms with van der Waals surface area (Å²) in [5, 5.41) is 0. The van der Waals surface area contributed by atoms with Gasteiger partial charge in [0.2, 0.25) is 0 Å². The van der Waals surface area contributed by atoms with Crippen LogP contribution in [0.1, 0.15) is 40.5 Å². The molecule has 0 aromatic heterocycles. The summed E-state index contributed by atoms with van der Waals surface area (Å²) in [4.78, 5) is 0. The molecule has 11 heavy (non-hydrogen) atoms. The molecule has 1 rings (SSSR count). The second kappa shape index (κ2) is 3.57. The first-order chi connectivity index (χ1) is 4.96. The summed E-state index contributed by atoms with van der Waals surface area (Å²) in [7, 11) is -2.72. The maximum absolute atomic E-state index is 11.1. The molecule has 0 unspecified atom stereocenters. The Morgan fingerprint density at radius 1 is 1.18 bits per heavy atom. The largest absolute Gasteiger partial charge is 0.228 e. The first kappa shape index (κ1) is 11.0. The lowest BCUT2D eigenvalue weighted by atomic mass is 10.1. The van der Waals surface area contributed by atoms with E-state index in [1.807, 2.05) is 13.8 Å². The highest BCUT2D eigenvalue weighted by molar-refractivity contribution is 7.93. The van der Waals surface area contributed by atoms with E-state index in [-0.39, 0.29) is 0 Å². The Balaban J connectivity index is 0.000000461. The van der Waals surface area contributed by atoms with E-state index in [4.69, 9.17) is 0 Å². The minimum atomic E-state index is -2.72. The average Bonchev–Trinajstić information content (AvgIpc) is 2.12. The normalized spacial score (nSPS) is 25.5. The predicted octanol–water partition coefficient (Wildman–Crippen LogP) is 2.00. The van der Waals surface area contributed by atoms with Gasteiger partial charge in [-0.15, -0.1) is 0 Å². The maximum atomic E-state index is 11.1. The van der Waals surface area contributed by atoms with E-state index in [0.717, 1.165) is 12.8 Å². The summed E-state index contributed by atoms with van der Waals surface area (Å²) in [6, 6.07) is 0. The third-order valence-corrected chi connectivity index (χ3v) is 4.75. The molecule has 68 valence electrons. The number of rotatable bonds is 0. The molecule has 3 heteroatoms. The summed E-state index contributed by atoms with van der Waals surface area (Å²) >= 11 is 0. The van der Waals surface area contributed by atoms with Crippen LogP contribution < -0.4 is 0 Å². The molecule has 0 aliphatic carbocycles. The van der Waals surface area contributed by atoms with Crippen LogP contribution in [0.15, 0.2) is 0 Å². The van der Waals surface area contributed by atoms with Crippen molar-refractivity contribution < 1.29 is 8.42 Å². The second-order valence-electron chi connectivity index (χ2n) is 3.18. The van der Waals surface area contributed by atoms with Crippen LogP contribution in [0, 0.1) is 0 Å². The fraction of sp³-hybridized carbons (Fsp3) is 1.00. The lowest BCUT2D eigenvalue weighted by molar-refractivity contribution is 0.558. The zero-order chi connectivity index (χ0) is 9.12. The van der Waals surface area contributed by atoms with E-state index in [2.05, 4.69) is 0 Å². The SMILES string of the molecule is CC.CC1(C)CCCS1(=O)=O. The number of sulfone groups is 1. The molecule has 2 nitrogen and oxygen atoms in total. The van der Waals surface area contributed by atoms with Gasteiger partial charge in [-0.2, -0.15) is 0 Å². The fourth-order valence-corrected chi connectivity index (χ4v) is 2.65. The van der Waals surface area contributed by atoms with Crippen molar-refractivity contribution >= 4 is 9.84 Å². The third-order valence-electron chi connectivity index (χ3n) is 2.03. The Kier molecular flexibility index (Phi) is 3.55. The fourth-order valence-electron chi connectivity index (χ4n) is 1.12. The molecule has 1 fully saturated rings. The van der Waals surface area contributed by atoms with Crippen molar-refractivity contribution in [1.29, 1.82) is 0 Å². The van der Waals surface area contributed by atoms with Crippen LogP contribution in [0.2, 0.25) is 0 Å². The molecule has 0 bridgehead atoms. The summed E-state index contributed by atoms with van der Waals surface area (Å²) in [6.07, 6.45) is 1.67. The van der Waals surface area contributed by atoms with Crippen molar-refractivity contribution in [2.24, 2.45) is 0 Å². The number of hydrogen-bond acceptors (Lipinski definition) is 2. The molecule has 0 N–H and O–H groups in total. The first-order valence-electron chi connectivity index (χ1n) is 4.18. The highest BCUT2D eigenvalue weighted by Gasteiger charge is 2.38. The zero-order valence-electron chi connectivity index (χ0n) is 7.85. The molecular formula is C8H18O2S. The van der Waals surface area contributed by atoms with Gasteiger partial charge in [-0.25, -0.2) is 8.42 Å². The average molecular weight is 178 g/mol. The minimum absolute atomic E-state index is 0.389. The van der Waals surface area contributed by atoms with E-state index in [1.54, 1.807) is 13.8 Å².